The van der Waals surface area contributed by atoms with E-state index in [2.05, 4.69) is 34.0 Å². The second-order valence-electron chi connectivity index (χ2n) is 8.50. The number of fused-ring (bicyclic) bond motifs is 1. The summed E-state index contributed by atoms with van der Waals surface area (Å²) in [6, 6.07) is 4.49. The smallest absolute Gasteiger partial charge is 0.303 e. The van der Waals surface area contributed by atoms with Crippen molar-refractivity contribution in [1.82, 2.24) is 19.6 Å². The summed E-state index contributed by atoms with van der Waals surface area (Å²) in [5.41, 5.74) is 0.0883. The standard InChI is InChI=1S/C21H29ClN4O2S/c1-2-18-3-4-19(29-18)13-25-11-16-10-24(7-8-26-12-17(22)9-23-26)14-21(16,15-25)6-5-20(27)28/h3-4,9,12,16H,2,5-8,10-11,13-15H2,1H3,(H,27,28). The minimum Gasteiger partial charge on any atom is -0.481 e. The lowest BCUT2D eigenvalue weighted by Crippen LogP contribution is -2.35. The highest BCUT2D eigenvalue weighted by atomic mass is 35.5. The largest absolute Gasteiger partial charge is 0.481 e. The fraction of sp³-hybridized carbons (Fsp3) is 0.619. The van der Waals surface area contributed by atoms with Crippen LogP contribution in [-0.2, 0) is 24.3 Å². The number of hydrogen-bond acceptors (Lipinski definition) is 5. The van der Waals surface area contributed by atoms with Crippen LogP contribution in [0.15, 0.2) is 24.5 Å². The normalized spacial score (nSPS) is 25.0. The minimum atomic E-state index is -0.688. The molecule has 2 unspecified atom stereocenters. The highest BCUT2D eigenvalue weighted by Gasteiger charge is 2.51. The van der Waals surface area contributed by atoms with Crippen molar-refractivity contribution >= 4 is 28.9 Å². The Morgan fingerprint density at radius 3 is 2.72 bits per heavy atom. The van der Waals surface area contributed by atoms with Crippen molar-refractivity contribution < 1.29 is 9.90 Å². The van der Waals surface area contributed by atoms with E-state index in [0.717, 1.165) is 58.7 Å². The van der Waals surface area contributed by atoms with Crippen LogP contribution in [0.1, 0.15) is 29.5 Å². The lowest BCUT2D eigenvalue weighted by atomic mass is 9.77. The van der Waals surface area contributed by atoms with Gasteiger partial charge in [0.15, 0.2) is 0 Å². The summed E-state index contributed by atoms with van der Waals surface area (Å²) in [5.74, 6) is -0.152. The topological polar surface area (TPSA) is 61.6 Å². The Balaban J connectivity index is 1.39. The minimum absolute atomic E-state index is 0.0883. The number of carboxylic acids is 1. The molecule has 2 aliphatic rings. The van der Waals surface area contributed by atoms with Crippen molar-refractivity contribution in [3.05, 3.63) is 39.3 Å². The summed E-state index contributed by atoms with van der Waals surface area (Å²) in [5, 5.41) is 14.2. The quantitative estimate of drug-likeness (QED) is 0.652. The molecule has 0 bridgehead atoms. The number of nitrogens with zero attached hydrogens (tertiary/aromatic N) is 4. The van der Waals surface area contributed by atoms with Gasteiger partial charge in [-0.25, -0.2) is 0 Å². The Morgan fingerprint density at radius 1 is 1.28 bits per heavy atom. The van der Waals surface area contributed by atoms with E-state index < -0.39 is 5.97 Å². The van der Waals surface area contributed by atoms with E-state index >= 15 is 0 Å². The maximum atomic E-state index is 11.3. The lowest BCUT2D eigenvalue weighted by molar-refractivity contribution is -0.137. The van der Waals surface area contributed by atoms with Crippen molar-refractivity contribution in [2.24, 2.45) is 11.3 Å². The van der Waals surface area contributed by atoms with Gasteiger partial charge in [-0.3, -0.25) is 14.4 Å². The number of thiophene rings is 1. The van der Waals surface area contributed by atoms with Crippen molar-refractivity contribution in [2.75, 3.05) is 32.7 Å². The molecule has 29 heavy (non-hydrogen) atoms. The van der Waals surface area contributed by atoms with Gasteiger partial charge >= 0.3 is 5.97 Å². The van der Waals surface area contributed by atoms with Crippen LogP contribution in [0.5, 0.6) is 0 Å². The molecule has 2 aliphatic heterocycles. The summed E-state index contributed by atoms with van der Waals surface area (Å²) in [6.07, 6.45) is 5.63. The molecular formula is C21H29ClN4O2S. The summed E-state index contributed by atoms with van der Waals surface area (Å²) < 4.78 is 1.88. The second kappa shape index (κ2) is 8.76. The maximum Gasteiger partial charge on any atom is 0.303 e. The van der Waals surface area contributed by atoms with E-state index in [1.54, 1.807) is 6.20 Å². The van der Waals surface area contributed by atoms with E-state index in [1.165, 1.54) is 9.75 Å². The SMILES string of the molecule is CCc1ccc(CN2CC3CN(CCn4cc(Cl)cn4)CC3(CCC(=O)O)C2)s1. The van der Waals surface area contributed by atoms with Crippen molar-refractivity contribution in [1.29, 1.82) is 0 Å². The third-order valence-electron chi connectivity index (χ3n) is 6.43. The molecule has 4 rings (SSSR count). The van der Waals surface area contributed by atoms with Crippen LogP contribution in [0.2, 0.25) is 5.02 Å². The van der Waals surface area contributed by atoms with Crippen molar-refractivity contribution in [3.8, 4) is 0 Å². The number of hydrogen-bond donors (Lipinski definition) is 1. The van der Waals surface area contributed by atoms with Crippen LogP contribution in [0, 0.1) is 11.3 Å². The van der Waals surface area contributed by atoms with Crippen LogP contribution < -0.4 is 0 Å². The van der Waals surface area contributed by atoms with E-state index in [9.17, 15) is 9.90 Å². The zero-order valence-electron chi connectivity index (χ0n) is 16.9. The van der Waals surface area contributed by atoms with Crippen LogP contribution in [0.4, 0.5) is 0 Å². The van der Waals surface area contributed by atoms with Crippen LogP contribution in [-0.4, -0.2) is 63.4 Å². The molecule has 2 aromatic rings. The molecule has 2 fully saturated rings. The summed E-state index contributed by atoms with van der Waals surface area (Å²) in [6.45, 7) is 8.99. The van der Waals surface area contributed by atoms with Crippen LogP contribution in [0.25, 0.3) is 0 Å². The summed E-state index contributed by atoms with van der Waals surface area (Å²) in [4.78, 5) is 19.2. The molecule has 0 spiro atoms. The lowest BCUT2D eigenvalue weighted by Gasteiger charge is -2.29. The first kappa shape index (κ1) is 20.8. The van der Waals surface area contributed by atoms with E-state index in [0.29, 0.717) is 10.9 Å². The molecule has 1 N–H and O–H groups in total. The highest BCUT2D eigenvalue weighted by Crippen LogP contribution is 2.46. The number of likely N-dealkylation sites (tertiary alicyclic amines) is 2. The predicted octanol–water partition coefficient (Wildman–Crippen LogP) is 3.46. The third kappa shape index (κ3) is 4.85. The number of aryl methyl sites for hydroxylation is 1. The van der Waals surface area contributed by atoms with Crippen molar-refractivity contribution in [2.45, 2.75) is 39.3 Å². The number of rotatable bonds is 9. The molecule has 0 aliphatic carbocycles. The van der Waals surface area contributed by atoms with Gasteiger partial charge in [-0.1, -0.05) is 18.5 Å². The first-order valence-electron chi connectivity index (χ1n) is 10.4. The predicted molar refractivity (Wildman–Crippen MR) is 115 cm³/mol. The third-order valence-corrected chi connectivity index (χ3v) is 7.84. The van der Waals surface area contributed by atoms with Gasteiger partial charge in [-0.2, -0.15) is 5.10 Å². The van der Waals surface area contributed by atoms with Gasteiger partial charge < -0.3 is 10.0 Å². The maximum absolute atomic E-state index is 11.3. The van der Waals surface area contributed by atoms with E-state index in [1.807, 2.05) is 22.2 Å². The van der Waals surface area contributed by atoms with Gasteiger partial charge in [-0.05, 0) is 30.9 Å². The molecule has 8 heteroatoms. The van der Waals surface area contributed by atoms with Gasteiger partial charge in [-0.15, -0.1) is 11.3 Å². The molecule has 0 aromatic carbocycles. The molecule has 2 atom stereocenters. The number of halogens is 1. The fourth-order valence-corrected chi connectivity index (χ4v) is 6.18. The molecule has 4 heterocycles. The number of aromatic nitrogens is 2. The van der Waals surface area contributed by atoms with Gasteiger partial charge in [0.2, 0.25) is 0 Å². The van der Waals surface area contributed by atoms with Gasteiger partial charge in [0.05, 0.1) is 17.8 Å². The number of carbonyl (C=O) groups is 1. The molecule has 0 amide bonds. The molecule has 6 nitrogen and oxygen atoms in total. The van der Waals surface area contributed by atoms with Crippen molar-refractivity contribution in [3.63, 3.8) is 0 Å². The Labute approximate surface area is 181 Å². The van der Waals surface area contributed by atoms with E-state index in [-0.39, 0.29) is 11.8 Å². The Morgan fingerprint density at radius 2 is 2.03 bits per heavy atom. The molecule has 2 aromatic heterocycles. The molecule has 0 saturated carbocycles. The van der Waals surface area contributed by atoms with E-state index in [4.69, 9.17) is 11.6 Å². The average Bonchev–Trinajstić information content (AvgIpc) is 3.42. The first-order valence-corrected chi connectivity index (χ1v) is 11.6. The van der Waals surface area contributed by atoms with Gasteiger partial charge in [0.1, 0.15) is 0 Å². The molecular weight excluding hydrogens is 408 g/mol. The summed E-state index contributed by atoms with van der Waals surface area (Å²) >= 11 is 7.87. The number of aliphatic carboxylic acids is 1. The monoisotopic (exact) mass is 436 g/mol. The van der Waals surface area contributed by atoms with Gasteiger partial charge in [0, 0.05) is 67.1 Å². The Bertz CT molecular complexity index is 853. The molecule has 2 saturated heterocycles. The van der Waals surface area contributed by atoms with Gasteiger partial charge in [0.25, 0.3) is 0 Å². The summed E-state index contributed by atoms with van der Waals surface area (Å²) in [7, 11) is 0. The zero-order valence-corrected chi connectivity index (χ0v) is 18.5. The average molecular weight is 437 g/mol. The zero-order chi connectivity index (χ0) is 20.4. The molecule has 158 valence electrons. The number of carboxylic acid groups (broad SMARTS) is 1. The van der Waals surface area contributed by atoms with Crippen LogP contribution >= 0.6 is 22.9 Å². The first-order chi connectivity index (χ1) is 14.0. The van der Waals surface area contributed by atoms with Crippen LogP contribution in [0.3, 0.4) is 0 Å². The second-order valence-corrected chi connectivity index (χ2v) is 10.2. The fourth-order valence-electron chi connectivity index (χ4n) is 5.03. The Hall–Kier alpha value is -1.41. The Kier molecular flexibility index (Phi) is 6.30. The molecule has 0 radical (unpaired) electrons. The highest BCUT2D eigenvalue weighted by molar-refractivity contribution is 7.11.